The van der Waals surface area contributed by atoms with Gasteiger partial charge in [0, 0.05) is 12.1 Å². The number of nitro benzene ring substituents is 1. The molecule has 2 aromatic rings. The average molecular weight is 553 g/mol. The second-order valence-electron chi connectivity index (χ2n) is 6.42. The van der Waals surface area contributed by atoms with E-state index in [2.05, 4.69) is 20.7 Å². The lowest BCUT2D eigenvalue weighted by atomic mass is 10.1. The Balaban J connectivity index is 1.89. The number of amides is 1. The summed E-state index contributed by atoms with van der Waals surface area (Å²) in [5.41, 5.74) is 0.997. The number of nitrogens with zero attached hydrogens (tertiary/aromatic N) is 2. The van der Waals surface area contributed by atoms with Gasteiger partial charge in [0.15, 0.2) is 22.4 Å². The maximum atomic E-state index is 13.0. The number of non-ortho nitro benzene ring substituents is 1. The lowest BCUT2D eigenvalue weighted by Crippen LogP contribution is -2.27. The molecule has 1 saturated heterocycles. The van der Waals surface area contributed by atoms with Gasteiger partial charge in [0.1, 0.15) is 0 Å². The molecule has 0 unspecified atom stereocenters. The summed E-state index contributed by atoms with van der Waals surface area (Å²) in [4.78, 5) is 36.5. The van der Waals surface area contributed by atoms with Crippen molar-refractivity contribution in [2.75, 3.05) is 25.2 Å². The number of rotatable bonds is 8. The second kappa shape index (κ2) is 10.8. The summed E-state index contributed by atoms with van der Waals surface area (Å²) in [7, 11) is 1.26. The van der Waals surface area contributed by atoms with E-state index in [1.54, 1.807) is 25.1 Å². The Kier molecular flexibility index (Phi) is 8.06. The van der Waals surface area contributed by atoms with Crippen LogP contribution in [-0.4, -0.2) is 41.4 Å². The minimum Gasteiger partial charge on any atom is -0.490 e. The van der Waals surface area contributed by atoms with Crippen LogP contribution in [0.1, 0.15) is 12.5 Å². The topological polar surface area (TPSA) is 108 Å². The molecule has 33 heavy (non-hydrogen) atoms. The van der Waals surface area contributed by atoms with Crippen molar-refractivity contribution in [1.29, 1.82) is 0 Å². The zero-order valence-electron chi connectivity index (χ0n) is 17.4. The van der Waals surface area contributed by atoms with Gasteiger partial charge < -0.3 is 14.2 Å². The summed E-state index contributed by atoms with van der Waals surface area (Å²) in [5.74, 6) is -0.173. The Morgan fingerprint density at radius 1 is 1.27 bits per heavy atom. The van der Waals surface area contributed by atoms with Crippen LogP contribution in [0.5, 0.6) is 11.5 Å². The molecule has 0 atom stereocenters. The number of thioether (sulfide) groups is 1. The largest absolute Gasteiger partial charge is 0.490 e. The zero-order chi connectivity index (χ0) is 24.1. The predicted octanol–water partition coefficient (Wildman–Crippen LogP) is 4.71. The van der Waals surface area contributed by atoms with Crippen LogP contribution >= 0.6 is 39.9 Å². The minimum atomic E-state index is -0.539. The summed E-state index contributed by atoms with van der Waals surface area (Å²) >= 11 is 9.89. The molecule has 1 fully saturated rings. The van der Waals surface area contributed by atoms with Crippen molar-refractivity contribution in [1.82, 2.24) is 0 Å². The van der Waals surface area contributed by atoms with Gasteiger partial charge in [0.2, 0.25) is 0 Å². The summed E-state index contributed by atoms with van der Waals surface area (Å²) in [5, 5.41) is 10.9. The molecule has 0 radical (unpaired) electrons. The van der Waals surface area contributed by atoms with Crippen LogP contribution in [0.15, 0.2) is 45.8 Å². The number of thiocarbonyl (C=S) groups is 1. The molecule has 12 heteroatoms. The van der Waals surface area contributed by atoms with E-state index < -0.39 is 10.9 Å². The first kappa shape index (κ1) is 24.7. The molecule has 1 heterocycles. The highest BCUT2D eigenvalue weighted by atomic mass is 79.9. The maximum absolute atomic E-state index is 13.0. The van der Waals surface area contributed by atoms with E-state index >= 15 is 0 Å². The van der Waals surface area contributed by atoms with Gasteiger partial charge in [-0.15, -0.1) is 0 Å². The van der Waals surface area contributed by atoms with E-state index in [1.807, 2.05) is 0 Å². The molecule has 0 saturated carbocycles. The molecule has 2 aromatic carbocycles. The Morgan fingerprint density at radius 3 is 2.58 bits per heavy atom. The number of methoxy groups -OCH3 is 1. The molecule has 1 aliphatic heterocycles. The van der Waals surface area contributed by atoms with Crippen molar-refractivity contribution in [3.63, 3.8) is 0 Å². The van der Waals surface area contributed by atoms with Gasteiger partial charge in [-0.25, -0.2) is 4.79 Å². The van der Waals surface area contributed by atoms with E-state index in [4.69, 9.17) is 21.7 Å². The lowest BCUT2D eigenvalue weighted by molar-refractivity contribution is -0.384. The highest BCUT2D eigenvalue weighted by Crippen LogP contribution is 2.40. The van der Waals surface area contributed by atoms with E-state index in [0.717, 1.165) is 11.8 Å². The SMILES string of the molecule is CCOc1cc(/C=C2/SC(=S)N(c3ccc([N+](=O)[O-])cc3)C2=O)cc(Br)c1OCC(=O)OC. The molecule has 0 aromatic heterocycles. The highest BCUT2D eigenvalue weighted by Gasteiger charge is 2.33. The Morgan fingerprint density at radius 2 is 1.97 bits per heavy atom. The van der Waals surface area contributed by atoms with Gasteiger partial charge in [-0.1, -0.05) is 24.0 Å². The third kappa shape index (κ3) is 5.70. The molecule has 172 valence electrons. The molecule has 1 amide bonds. The summed E-state index contributed by atoms with van der Waals surface area (Å²) in [6.07, 6.45) is 1.65. The number of benzene rings is 2. The lowest BCUT2D eigenvalue weighted by Gasteiger charge is -2.14. The standard InChI is InChI=1S/C21H17BrN2O7S2/c1-3-30-16-9-12(8-15(22)19(16)31-11-18(25)29-2)10-17-20(26)23(21(32)33-17)13-4-6-14(7-5-13)24(27)28/h4-10H,3,11H2,1-2H3/b17-10+. The minimum absolute atomic E-state index is 0.0810. The number of carbonyl (C=O) groups excluding carboxylic acids is 2. The Hall–Kier alpha value is -2.96. The van der Waals surface area contributed by atoms with Crippen molar-refractivity contribution in [2.24, 2.45) is 0 Å². The number of hydrogen-bond acceptors (Lipinski definition) is 9. The fraction of sp³-hybridized carbons (Fsp3) is 0.190. The van der Waals surface area contributed by atoms with Crippen LogP contribution < -0.4 is 14.4 Å². The third-order valence-electron chi connectivity index (χ3n) is 4.30. The maximum Gasteiger partial charge on any atom is 0.343 e. The van der Waals surface area contributed by atoms with Crippen molar-refractivity contribution < 1.29 is 28.7 Å². The van der Waals surface area contributed by atoms with Crippen LogP contribution in [0.3, 0.4) is 0 Å². The molecule has 9 nitrogen and oxygen atoms in total. The van der Waals surface area contributed by atoms with E-state index in [9.17, 15) is 19.7 Å². The monoisotopic (exact) mass is 552 g/mol. The molecule has 0 aliphatic carbocycles. The van der Waals surface area contributed by atoms with Crippen molar-refractivity contribution in [3.8, 4) is 11.5 Å². The quantitative estimate of drug-likeness (QED) is 0.151. The number of esters is 1. The van der Waals surface area contributed by atoms with Crippen molar-refractivity contribution in [2.45, 2.75) is 6.92 Å². The first-order chi connectivity index (χ1) is 15.7. The highest BCUT2D eigenvalue weighted by molar-refractivity contribution is 9.10. The van der Waals surface area contributed by atoms with E-state index in [0.29, 0.717) is 43.1 Å². The molecule has 0 spiro atoms. The number of ether oxygens (including phenoxy) is 3. The summed E-state index contributed by atoms with van der Waals surface area (Å²) in [6, 6.07) is 8.98. The zero-order valence-corrected chi connectivity index (χ0v) is 20.6. The van der Waals surface area contributed by atoms with E-state index in [1.165, 1.54) is 36.3 Å². The number of halogens is 1. The van der Waals surface area contributed by atoms with Crippen molar-refractivity contribution >= 4 is 73.6 Å². The van der Waals surface area contributed by atoms with Gasteiger partial charge in [0.25, 0.3) is 11.6 Å². The first-order valence-electron chi connectivity index (χ1n) is 9.43. The van der Waals surface area contributed by atoms with Crippen LogP contribution in [0.4, 0.5) is 11.4 Å². The molecular formula is C21H17BrN2O7S2. The van der Waals surface area contributed by atoms with Crippen LogP contribution in [0.25, 0.3) is 6.08 Å². The number of nitro groups is 1. The molecule has 0 bridgehead atoms. The van der Waals surface area contributed by atoms with Crippen LogP contribution in [0, 0.1) is 10.1 Å². The van der Waals surface area contributed by atoms with Crippen molar-refractivity contribution in [3.05, 3.63) is 61.5 Å². The molecule has 1 aliphatic rings. The summed E-state index contributed by atoms with van der Waals surface area (Å²) < 4.78 is 16.6. The second-order valence-corrected chi connectivity index (χ2v) is 8.95. The number of anilines is 1. The molecule has 3 rings (SSSR count). The molecular weight excluding hydrogens is 536 g/mol. The normalized spacial score (nSPS) is 14.5. The number of hydrogen-bond donors (Lipinski definition) is 0. The third-order valence-corrected chi connectivity index (χ3v) is 6.20. The van der Waals surface area contributed by atoms with Gasteiger partial charge in [-0.3, -0.25) is 19.8 Å². The smallest absolute Gasteiger partial charge is 0.343 e. The average Bonchev–Trinajstić information content (AvgIpc) is 3.05. The van der Waals surface area contributed by atoms with Gasteiger partial charge in [-0.05, 0) is 58.8 Å². The first-order valence-corrected chi connectivity index (χ1v) is 11.4. The fourth-order valence-electron chi connectivity index (χ4n) is 2.83. The fourth-order valence-corrected chi connectivity index (χ4v) is 4.70. The predicted molar refractivity (Wildman–Crippen MR) is 132 cm³/mol. The van der Waals surface area contributed by atoms with Crippen LogP contribution in [-0.2, 0) is 14.3 Å². The Labute approximate surface area is 207 Å². The Bertz CT molecular complexity index is 1150. The number of carbonyl (C=O) groups is 2. The van der Waals surface area contributed by atoms with Gasteiger partial charge in [-0.2, -0.15) is 0 Å². The molecule has 0 N–H and O–H groups in total. The summed E-state index contributed by atoms with van der Waals surface area (Å²) in [6.45, 7) is 1.87. The van der Waals surface area contributed by atoms with Gasteiger partial charge in [0.05, 0.1) is 33.7 Å². The van der Waals surface area contributed by atoms with Crippen LogP contribution in [0.2, 0.25) is 0 Å². The van der Waals surface area contributed by atoms with Gasteiger partial charge >= 0.3 is 5.97 Å². The van der Waals surface area contributed by atoms with E-state index in [-0.39, 0.29) is 18.2 Å².